The van der Waals surface area contributed by atoms with E-state index < -0.39 is 0 Å². The summed E-state index contributed by atoms with van der Waals surface area (Å²) < 4.78 is 0. The molecule has 21 heavy (non-hydrogen) atoms. The Kier molecular flexibility index (Phi) is 3.27. The SMILES string of the molecule is CNc1nc(N(Cc2ccsc2)C2CC2)c2ccsc2n1. The number of hydrogen-bond acceptors (Lipinski definition) is 6. The topological polar surface area (TPSA) is 41.1 Å². The van der Waals surface area contributed by atoms with Crippen LogP contribution in [0.3, 0.4) is 0 Å². The van der Waals surface area contributed by atoms with Crippen LogP contribution in [0.25, 0.3) is 10.2 Å². The Morgan fingerprint density at radius 1 is 1.29 bits per heavy atom. The van der Waals surface area contributed by atoms with Gasteiger partial charge < -0.3 is 10.2 Å². The van der Waals surface area contributed by atoms with Crippen LogP contribution in [0, 0.1) is 0 Å². The fourth-order valence-electron chi connectivity index (χ4n) is 2.51. The van der Waals surface area contributed by atoms with Crippen LogP contribution in [-0.4, -0.2) is 23.1 Å². The van der Waals surface area contributed by atoms with Gasteiger partial charge in [-0.2, -0.15) is 16.3 Å². The Morgan fingerprint density at radius 3 is 2.90 bits per heavy atom. The molecule has 1 saturated carbocycles. The molecule has 1 N–H and O–H groups in total. The summed E-state index contributed by atoms with van der Waals surface area (Å²) in [7, 11) is 1.87. The Labute approximate surface area is 131 Å². The van der Waals surface area contributed by atoms with Gasteiger partial charge in [-0.3, -0.25) is 0 Å². The average Bonchev–Trinajstić information content (AvgIpc) is 3.02. The summed E-state index contributed by atoms with van der Waals surface area (Å²) in [6.45, 7) is 0.930. The van der Waals surface area contributed by atoms with Crippen LogP contribution in [0.1, 0.15) is 18.4 Å². The van der Waals surface area contributed by atoms with Crippen molar-refractivity contribution in [1.29, 1.82) is 0 Å². The van der Waals surface area contributed by atoms with E-state index in [0.29, 0.717) is 12.0 Å². The normalized spacial score (nSPS) is 14.5. The number of rotatable bonds is 5. The van der Waals surface area contributed by atoms with Crippen LogP contribution >= 0.6 is 22.7 Å². The number of nitrogens with one attached hydrogen (secondary N) is 1. The zero-order valence-electron chi connectivity index (χ0n) is 11.7. The van der Waals surface area contributed by atoms with Crippen molar-refractivity contribution in [1.82, 2.24) is 9.97 Å². The molecule has 108 valence electrons. The Balaban J connectivity index is 1.79. The molecule has 6 heteroatoms. The first kappa shape index (κ1) is 13.0. The van der Waals surface area contributed by atoms with Crippen LogP contribution < -0.4 is 10.2 Å². The largest absolute Gasteiger partial charge is 0.357 e. The lowest BCUT2D eigenvalue weighted by Gasteiger charge is -2.24. The minimum Gasteiger partial charge on any atom is -0.357 e. The monoisotopic (exact) mass is 316 g/mol. The predicted octanol–water partition coefficient (Wildman–Crippen LogP) is 3.96. The van der Waals surface area contributed by atoms with Gasteiger partial charge in [0, 0.05) is 19.6 Å². The number of aromatic nitrogens is 2. The smallest absolute Gasteiger partial charge is 0.225 e. The maximum Gasteiger partial charge on any atom is 0.225 e. The predicted molar refractivity (Wildman–Crippen MR) is 90.5 cm³/mol. The second-order valence-electron chi connectivity index (χ2n) is 5.25. The highest BCUT2D eigenvalue weighted by Gasteiger charge is 2.31. The van der Waals surface area contributed by atoms with E-state index in [0.717, 1.165) is 17.2 Å². The van der Waals surface area contributed by atoms with E-state index in [1.54, 1.807) is 22.7 Å². The van der Waals surface area contributed by atoms with Gasteiger partial charge in [-0.15, -0.1) is 11.3 Å². The Morgan fingerprint density at radius 2 is 2.19 bits per heavy atom. The summed E-state index contributed by atoms with van der Waals surface area (Å²) in [5, 5.41) is 10.7. The lowest BCUT2D eigenvalue weighted by Crippen LogP contribution is -2.26. The molecule has 0 amide bonds. The average molecular weight is 316 g/mol. The van der Waals surface area contributed by atoms with E-state index in [9.17, 15) is 0 Å². The molecule has 0 unspecified atom stereocenters. The number of nitrogens with zero attached hydrogens (tertiary/aromatic N) is 3. The van der Waals surface area contributed by atoms with Gasteiger partial charge in [0.1, 0.15) is 10.6 Å². The van der Waals surface area contributed by atoms with Crippen molar-refractivity contribution in [3.8, 4) is 0 Å². The van der Waals surface area contributed by atoms with Crippen LogP contribution in [0.15, 0.2) is 28.3 Å². The van der Waals surface area contributed by atoms with Crippen LogP contribution in [0.5, 0.6) is 0 Å². The summed E-state index contributed by atoms with van der Waals surface area (Å²) in [6.07, 6.45) is 2.52. The van der Waals surface area contributed by atoms with Crippen molar-refractivity contribution >= 4 is 44.7 Å². The highest BCUT2D eigenvalue weighted by molar-refractivity contribution is 7.16. The molecule has 1 fully saturated rings. The zero-order valence-corrected chi connectivity index (χ0v) is 13.4. The van der Waals surface area contributed by atoms with E-state index in [4.69, 9.17) is 4.98 Å². The minimum atomic E-state index is 0.618. The van der Waals surface area contributed by atoms with E-state index >= 15 is 0 Å². The third kappa shape index (κ3) is 2.49. The molecule has 0 aromatic carbocycles. The van der Waals surface area contributed by atoms with Gasteiger partial charge >= 0.3 is 0 Å². The van der Waals surface area contributed by atoms with Crippen molar-refractivity contribution < 1.29 is 0 Å². The van der Waals surface area contributed by atoms with Crippen molar-refractivity contribution in [2.45, 2.75) is 25.4 Å². The summed E-state index contributed by atoms with van der Waals surface area (Å²) in [4.78, 5) is 12.8. The highest BCUT2D eigenvalue weighted by Crippen LogP contribution is 2.37. The first-order chi connectivity index (χ1) is 10.3. The first-order valence-electron chi connectivity index (χ1n) is 7.06. The van der Waals surface area contributed by atoms with Crippen molar-refractivity contribution in [3.63, 3.8) is 0 Å². The Bertz CT molecular complexity index is 746. The molecule has 0 aliphatic heterocycles. The van der Waals surface area contributed by atoms with E-state index in [1.807, 2.05) is 7.05 Å². The van der Waals surface area contributed by atoms with Gasteiger partial charge in [0.2, 0.25) is 5.95 Å². The minimum absolute atomic E-state index is 0.618. The van der Waals surface area contributed by atoms with Crippen molar-refractivity contribution in [2.24, 2.45) is 0 Å². The van der Waals surface area contributed by atoms with Crippen molar-refractivity contribution in [3.05, 3.63) is 33.8 Å². The van der Waals surface area contributed by atoms with Crippen molar-refractivity contribution in [2.75, 3.05) is 17.3 Å². The second kappa shape index (κ2) is 5.27. The molecule has 3 aromatic rings. The maximum absolute atomic E-state index is 4.75. The molecule has 0 radical (unpaired) electrons. The Hall–Kier alpha value is -1.66. The summed E-state index contributed by atoms with van der Waals surface area (Å²) in [5.74, 6) is 1.77. The lowest BCUT2D eigenvalue weighted by molar-refractivity contribution is 0.784. The summed E-state index contributed by atoms with van der Waals surface area (Å²) in [6, 6.07) is 4.95. The number of fused-ring (bicyclic) bond motifs is 1. The van der Waals surface area contributed by atoms with Gasteiger partial charge in [0.05, 0.1) is 5.39 Å². The summed E-state index contributed by atoms with van der Waals surface area (Å²) in [5.41, 5.74) is 1.36. The van der Waals surface area contributed by atoms with Gasteiger partial charge in [0.25, 0.3) is 0 Å². The molecule has 3 heterocycles. The van der Waals surface area contributed by atoms with Crippen LogP contribution in [0.2, 0.25) is 0 Å². The molecule has 0 bridgehead atoms. The highest BCUT2D eigenvalue weighted by atomic mass is 32.1. The molecule has 0 spiro atoms. The van der Waals surface area contributed by atoms with Gasteiger partial charge in [0.15, 0.2) is 0 Å². The number of anilines is 2. The van der Waals surface area contributed by atoms with Gasteiger partial charge in [-0.25, -0.2) is 4.98 Å². The third-order valence-electron chi connectivity index (χ3n) is 3.72. The molecule has 3 aromatic heterocycles. The first-order valence-corrected chi connectivity index (χ1v) is 8.88. The zero-order chi connectivity index (χ0) is 14.2. The molecular weight excluding hydrogens is 300 g/mol. The van der Waals surface area contributed by atoms with Gasteiger partial charge in [-0.1, -0.05) is 0 Å². The molecule has 1 aliphatic carbocycles. The molecule has 4 nitrogen and oxygen atoms in total. The fraction of sp³-hybridized carbons (Fsp3) is 0.333. The molecular formula is C15H16N4S2. The van der Waals surface area contributed by atoms with E-state index in [1.165, 1.54) is 23.8 Å². The lowest BCUT2D eigenvalue weighted by atomic mass is 10.2. The van der Waals surface area contributed by atoms with E-state index in [-0.39, 0.29) is 0 Å². The molecule has 4 rings (SSSR count). The molecule has 0 atom stereocenters. The standard InChI is InChI=1S/C15H16N4S2/c1-16-15-17-13(12-5-7-21-14(12)18-15)19(11-2-3-11)8-10-4-6-20-9-10/h4-7,9,11H,2-3,8H2,1H3,(H,16,17,18). The molecule has 0 saturated heterocycles. The maximum atomic E-state index is 4.75. The fourth-order valence-corrected chi connectivity index (χ4v) is 3.93. The van der Waals surface area contributed by atoms with E-state index in [2.05, 4.69) is 43.5 Å². The van der Waals surface area contributed by atoms with Crippen LogP contribution in [-0.2, 0) is 6.54 Å². The van der Waals surface area contributed by atoms with Gasteiger partial charge in [-0.05, 0) is 46.7 Å². The quantitative estimate of drug-likeness (QED) is 0.773. The summed E-state index contributed by atoms with van der Waals surface area (Å²) >= 11 is 3.42. The number of hydrogen-bond donors (Lipinski definition) is 1. The second-order valence-corrected chi connectivity index (χ2v) is 6.93. The van der Waals surface area contributed by atoms with Crippen LogP contribution in [0.4, 0.5) is 11.8 Å². The third-order valence-corrected chi connectivity index (χ3v) is 5.26. The molecule has 1 aliphatic rings. The number of thiophene rings is 2.